The molecule has 0 radical (unpaired) electrons. The van der Waals surface area contributed by atoms with Crippen LogP contribution in [0.3, 0.4) is 0 Å². The van der Waals surface area contributed by atoms with Crippen LogP contribution in [0.1, 0.15) is 17.6 Å². The zero-order valence-electron chi connectivity index (χ0n) is 9.08. The molecule has 1 rings (SSSR count). The molecular weight excluding hydrogens is 249 g/mol. The van der Waals surface area contributed by atoms with Gasteiger partial charge in [-0.05, 0) is 12.5 Å². The summed E-state index contributed by atoms with van der Waals surface area (Å²) in [6, 6.07) is 0. The Balaban J connectivity index is 3.07. The first-order chi connectivity index (χ1) is 7.86. The Morgan fingerprint density at radius 3 is 2.53 bits per heavy atom. The minimum atomic E-state index is -4.45. The molecule has 0 unspecified atom stereocenters. The van der Waals surface area contributed by atoms with Crippen LogP contribution in [0.25, 0.3) is 5.57 Å². The predicted octanol–water partition coefficient (Wildman–Crippen LogP) is 3.89. The maximum absolute atomic E-state index is 12.4. The van der Waals surface area contributed by atoms with Crippen molar-refractivity contribution in [2.24, 2.45) is 0 Å². The third kappa shape index (κ3) is 3.45. The summed E-state index contributed by atoms with van der Waals surface area (Å²) in [7, 11) is 0. The highest BCUT2D eigenvalue weighted by atomic mass is 32.1. The van der Waals surface area contributed by atoms with Crippen molar-refractivity contribution in [1.29, 1.82) is 0 Å². The van der Waals surface area contributed by atoms with Gasteiger partial charge < -0.3 is 5.73 Å². The Bertz CT molecular complexity index is 470. The molecule has 0 saturated carbocycles. The SMILES string of the molecule is C=C/C=C\C=C(/C)c1nc(C(F)(F)F)sc1N. The van der Waals surface area contributed by atoms with Gasteiger partial charge in [0.1, 0.15) is 10.7 Å². The van der Waals surface area contributed by atoms with Gasteiger partial charge in [-0.1, -0.05) is 42.2 Å². The van der Waals surface area contributed by atoms with Gasteiger partial charge in [0.15, 0.2) is 0 Å². The van der Waals surface area contributed by atoms with Crippen LogP contribution in [0, 0.1) is 0 Å². The molecule has 0 bridgehead atoms. The number of thiazole rings is 1. The molecule has 0 aliphatic rings. The van der Waals surface area contributed by atoms with E-state index in [9.17, 15) is 13.2 Å². The number of allylic oxidation sites excluding steroid dienone is 5. The van der Waals surface area contributed by atoms with Gasteiger partial charge in [0.05, 0.1) is 0 Å². The topological polar surface area (TPSA) is 38.9 Å². The molecule has 0 saturated heterocycles. The number of aromatic nitrogens is 1. The van der Waals surface area contributed by atoms with Crippen molar-refractivity contribution in [3.63, 3.8) is 0 Å². The Labute approximate surface area is 101 Å². The summed E-state index contributed by atoms with van der Waals surface area (Å²) in [6.07, 6.45) is 2.07. The minimum absolute atomic E-state index is 0.0677. The molecular formula is C11H11F3N2S. The second kappa shape index (κ2) is 5.18. The van der Waals surface area contributed by atoms with Gasteiger partial charge in [-0.25, -0.2) is 4.98 Å². The van der Waals surface area contributed by atoms with Gasteiger partial charge in [0.25, 0.3) is 0 Å². The predicted molar refractivity (Wildman–Crippen MR) is 64.5 cm³/mol. The van der Waals surface area contributed by atoms with Crippen molar-refractivity contribution in [1.82, 2.24) is 4.98 Å². The van der Waals surface area contributed by atoms with Crippen LogP contribution in [0.15, 0.2) is 30.9 Å². The summed E-state index contributed by atoms with van der Waals surface area (Å²) >= 11 is 0.445. The molecule has 1 heterocycles. The lowest BCUT2D eigenvalue weighted by molar-refractivity contribution is -0.137. The average molecular weight is 260 g/mol. The highest BCUT2D eigenvalue weighted by Crippen LogP contribution is 2.37. The van der Waals surface area contributed by atoms with Gasteiger partial charge in [-0.2, -0.15) is 13.2 Å². The number of hydrogen-bond acceptors (Lipinski definition) is 3. The fourth-order valence-corrected chi connectivity index (χ4v) is 1.86. The summed E-state index contributed by atoms with van der Waals surface area (Å²) in [6.45, 7) is 5.13. The van der Waals surface area contributed by atoms with E-state index in [2.05, 4.69) is 11.6 Å². The number of halogens is 3. The van der Waals surface area contributed by atoms with Crippen LogP contribution >= 0.6 is 11.3 Å². The van der Waals surface area contributed by atoms with E-state index < -0.39 is 11.2 Å². The van der Waals surface area contributed by atoms with Crippen molar-refractivity contribution in [2.45, 2.75) is 13.1 Å². The second-order valence-electron chi connectivity index (χ2n) is 3.20. The Morgan fingerprint density at radius 2 is 2.06 bits per heavy atom. The number of alkyl halides is 3. The molecule has 17 heavy (non-hydrogen) atoms. The van der Waals surface area contributed by atoms with Crippen molar-refractivity contribution in [2.75, 3.05) is 5.73 Å². The van der Waals surface area contributed by atoms with Gasteiger partial charge in [0, 0.05) is 0 Å². The van der Waals surface area contributed by atoms with E-state index >= 15 is 0 Å². The largest absolute Gasteiger partial charge is 0.443 e. The Hall–Kier alpha value is -1.56. The standard InChI is InChI=1S/C11H11F3N2S/c1-3-4-5-6-7(2)8-9(15)17-10(16-8)11(12,13)14/h3-6H,1,15H2,2H3/b5-4-,7-6+. The summed E-state index contributed by atoms with van der Waals surface area (Å²) < 4.78 is 37.2. The fourth-order valence-electron chi connectivity index (χ4n) is 1.09. The lowest BCUT2D eigenvalue weighted by Gasteiger charge is -1.99. The highest BCUT2D eigenvalue weighted by molar-refractivity contribution is 7.15. The lowest BCUT2D eigenvalue weighted by atomic mass is 10.2. The highest BCUT2D eigenvalue weighted by Gasteiger charge is 2.35. The summed E-state index contributed by atoms with van der Waals surface area (Å²) in [4.78, 5) is 3.50. The smallest absolute Gasteiger partial charge is 0.389 e. The van der Waals surface area contributed by atoms with Crippen molar-refractivity contribution in [3.8, 4) is 0 Å². The number of rotatable bonds is 3. The third-order valence-corrected chi connectivity index (χ3v) is 2.79. The van der Waals surface area contributed by atoms with Crippen LogP contribution in [-0.4, -0.2) is 4.98 Å². The molecule has 0 amide bonds. The number of hydrogen-bond donors (Lipinski definition) is 1. The van der Waals surface area contributed by atoms with E-state index in [-0.39, 0.29) is 10.7 Å². The van der Waals surface area contributed by atoms with Crippen molar-refractivity contribution >= 4 is 21.9 Å². The van der Waals surface area contributed by atoms with Crippen molar-refractivity contribution < 1.29 is 13.2 Å². The zero-order valence-corrected chi connectivity index (χ0v) is 9.90. The van der Waals surface area contributed by atoms with E-state index in [1.165, 1.54) is 0 Å². The van der Waals surface area contributed by atoms with Gasteiger partial charge in [0.2, 0.25) is 5.01 Å². The first-order valence-electron chi connectivity index (χ1n) is 4.66. The number of anilines is 1. The number of nitrogen functional groups attached to an aromatic ring is 1. The molecule has 92 valence electrons. The second-order valence-corrected chi connectivity index (χ2v) is 4.23. The van der Waals surface area contributed by atoms with Crippen LogP contribution in [0.2, 0.25) is 0 Å². The lowest BCUT2D eigenvalue weighted by Crippen LogP contribution is -2.03. The molecule has 0 spiro atoms. The Morgan fingerprint density at radius 1 is 1.41 bits per heavy atom. The van der Waals surface area contributed by atoms with E-state index in [0.717, 1.165) is 0 Å². The molecule has 0 aromatic carbocycles. The van der Waals surface area contributed by atoms with Crippen LogP contribution < -0.4 is 5.73 Å². The van der Waals surface area contributed by atoms with E-state index in [4.69, 9.17) is 5.73 Å². The molecule has 0 aliphatic heterocycles. The first-order valence-corrected chi connectivity index (χ1v) is 5.47. The normalized spacial score (nSPS) is 13.3. The molecule has 1 aromatic rings. The van der Waals surface area contributed by atoms with Crippen molar-refractivity contribution in [3.05, 3.63) is 41.6 Å². The van der Waals surface area contributed by atoms with Crippen LogP contribution in [0.5, 0.6) is 0 Å². The molecule has 1 aromatic heterocycles. The van der Waals surface area contributed by atoms with Gasteiger partial charge >= 0.3 is 6.18 Å². The quantitative estimate of drug-likeness (QED) is 0.837. The maximum atomic E-state index is 12.4. The molecule has 2 nitrogen and oxygen atoms in total. The molecule has 0 atom stereocenters. The van der Waals surface area contributed by atoms with E-state index in [1.54, 1.807) is 31.2 Å². The number of nitrogens with two attached hydrogens (primary N) is 1. The van der Waals surface area contributed by atoms with E-state index in [0.29, 0.717) is 16.9 Å². The first kappa shape index (κ1) is 13.5. The van der Waals surface area contributed by atoms with Crippen LogP contribution in [-0.2, 0) is 6.18 Å². The van der Waals surface area contributed by atoms with Crippen LogP contribution in [0.4, 0.5) is 18.2 Å². The maximum Gasteiger partial charge on any atom is 0.443 e. The van der Waals surface area contributed by atoms with Gasteiger partial charge in [-0.3, -0.25) is 0 Å². The fraction of sp³-hybridized carbons (Fsp3) is 0.182. The molecule has 0 fully saturated rings. The van der Waals surface area contributed by atoms with E-state index in [1.807, 2.05) is 0 Å². The molecule has 6 heteroatoms. The number of nitrogens with zero attached hydrogens (tertiary/aromatic N) is 1. The monoisotopic (exact) mass is 260 g/mol. The summed E-state index contributed by atoms with van der Waals surface area (Å²) in [5.41, 5.74) is 6.27. The molecule has 0 aliphatic carbocycles. The zero-order chi connectivity index (χ0) is 13.1. The average Bonchev–Trinajstić information content (AvgIpc) is 2.60. The third-order valence-electron chi connectivity index (χ3n) is 1.86. The van der Waals surface area contributed by atoms with Gasteiger partial charge in [-0.15, -0.1) is 0 Å². The summed E-state index contributed by atoms with van der Waals surface area (Å²) in [5, 5.41) is -0.858. The minimum Gasteiger partial charge on any atom is -0.389 e. The molecule has 2 N–H and O–H groups in total. The Kier molecular flexibility index (Phi) is 4.11. The summed E-state index contributed by atoms with van der Waals surface area (Å²) in [5.74, 6) is 0.